The summed E-state index contributed by atoms with van der Waals surface area (Å²) in [4.78, 5) is 16.9. The molecule has 0 saturated carbocycles. The fourth-order valence-corrected chi connectivity index (χ4v) is 1.99. The van der Waals surface area contributed by atoms with Gasteiger partial charge in [0.1, 0.15) is 5.75 Å². The molecule has 0 heterocycles. The Kier molecular flexibility index (Phi) is 6.58. The fraction of sp³-hybridized carbons (Fsp3) is 0.158. The molecule has 0 radical (unpaired) electrons. The molecular formula is C19H18ClNO3. The molecule has 2 aromatic rings. The van der Waals surface area contributed by atoms with Crippen LogP contribution in [0.5, 0.6) is 5.75 Å². The van der Waals surface area contributed by atoms with Crippen molar-refractivity contribution in [2.75, 3.05) is 7.11 Å². The summed E-state index contributed by atoms with van der Waals surface area (Å²) in [5.41, 5.74) is 2.06. The van der Waals surface area contributed by atoms with Crippen molar-refractivity contribution in [2.45, 2.75) is 13.3 Å². The Bertz CT molecular complexity index is 734. The largest absolute Gasteiger partial charge is 0.497 e. The predicted molar refractivity (Wildman–Crippen MR) is 96.6 cm³/mol. The molecular weight excluding hydrogens is 326 g/mol. The summed E-state index contributed by atoms with van der Waals surface area (Å²) in [6.45, 7) is 1.94. The SMILES string of the molecule is CCC(C=Cc1ccc(OC)cc1)=NOC(=O)c1ccc(Cl)cc1. The third-order valence-corrected chi connectivity index (χ3v) is 3.52. The molecule has 0 aliphatic heterocycles. The molecule has 124 valence electrons. The minimum absolute atomic E-state index is 0.401. The summed E-state index contributed by atoms with van der Waals surface area (Å²) in [6, 6.07) is 14.1. The lowest BCUT2D eigenvalue weighted by Gasteiger charge is -2.01. The molecule has 2 rings (SSSR count). The lowest BCUT2D eigenvalue weighted by atomic mass is 10.1. The first-order chi connectivity index (χ1) is 11.6. The Morgan fingerprint density at radius 1 is 1.12 bits per heavy atom. The molecule has 0 spiro atoms. The number of nitrogens with zero attached hydrogens (tertiary/aromatic N) is 1. The zero-order valence-corrected chi connectivity index (χ0v) is 14.3. The fourth-order valence-electron chi connectivity index (χ4n) is 1.86. The van der Waals surface area contributed by atoms with Crippen LogP contribution in [-0.4, -0.2) is 18.8 Å². The number of hydrogen-bond donors (Lipinski definition) is 0. The van der Waals surface area contributed by atoms with Gasteiger partial charge >= 0.3 is 5.97 Å². The van der Waals surface area contributed by atoms with Crippen molar-refractivity contribution in [1.29, 1.82) is 0 Å². The molecule has 2 aromatic carbocycles. The molecule has 0 atom stereocenters. The third kappa shape index (κ3) is 5.25. The normalized spacial score (nSPS) is 11.5. The van der Waals surface area contributed by atoms with E-state index in [0.717, 1.165) is 11.3 Å². The van der Waals surface area contributed by atoms with Crippen molar-refractivity contribution in [3.63, 3.8) is 0 Å². The molecule has 0 saturated heterocycles. The van der Waals surface area contributed by atoms with Gasteiger partial charge in [-0.3, -0.25) is 0 Å². The number of hydrogen-bond acceptors (Lipinski definition) is 4. The predicted octanol–water partition coefficient (Wildman–Crippen LogP) is 4.98. The summed E-state index contributed by atoms with van der Waals surface area (Å²) in [7, 11) is 1.63. The quantitative estimate of drug-likeness (QED) is 0.422. The number of carbonyl (C=O) groups excluding carboxylic acids is 1. The highest BCUT2D eigenvalue weighted by Crippen LogP contribution is 2.13. The highest BCUT2D eigenvalue weighted by atomic mass is 35.5. The molecule has 24 heavy (non-hydrogen) atoms. The zero-order valence-electron chi connectivity index (χ0n) is 13.5. The summed E-state index contributed by atoms with van der Waals surface area (Å²) in [6.07, 6.45) is 4.36. The number of methoxy groups -OCH3 is 1. The van der Waals surface area contributed by atoms with Crippen molar-refractivity contribution in [3.8, 4) is 5.75 Å². The minimum atomic E-state index is -0.518. The van der Waals surface area contributed by atoms with E-state index in [1.165, 1.54) is 0 Å². The Labute approximate surface area is 146 Å². The van der Waals surface area contributed by atoms with Crippen LogP contribution in [0, 0.1) is 0 Å². The number of rotatable bonds is 6. The van der Waals surface area contributed by atoms with Crippen LogP contribution in [0.25, 0.3) is 6.08 Å². The van der Waals surface area contributed by atoms with E-state index < -0.39 is 5.97 Å². The number of halogens is 1. The van der Waals surface area contributed by atoms with Gasteiger partial charge in [0.2, 0.25) is 0 Å². The molecule has 0 N–H and O–H groups in total. The Hall–Kier alpha value is -2.59. The van der Waals surface area contributed by atoms with E-state index >= 15 is 0 Å². The first kappa shape index (κ1) is 17.8. The minimum Gasteiger partial charge on any atom is -0.497 e. The molecule has 0 aromatic heterocycles. The van der Waals surface area contributed by atoms with Crippen molar-refractivity contribution in [2.24, 2.45) is 5.16 Å². The summed E-state index contributed by atoms with van der Waals surface area (Å²) >= 11 is 5.79. The van der Waals surface area contributed by atoms with Crippen LogP contribution in [0.2, 0.25) is 5.02 Å². The van der Waals surface area contributed by atoms with Crippen molar-refractivity contribution >= 4 is 29.4 Å². The average Bonchev–Trinajstić information content (AvgIpc) is 2.62. The van der Waals surface area contributed by atoms with Crippen LogP contribution < -0.4 is 4.74 Å². The molecule has 0 aliphatic carbocycles. The van der Waals surface area contributed by atoms with Gasteiger partial charge in [-0.2, -0.15) is 0 Å². The zero-order chi connectivity index (χ0) is 17.4. The van der Waals surface area contributed by atoms with E-state index in [9.17, 15) is 4.79 Å². The molecule has 0 aliphatic rings. The van der Waals surface area contributed by atoms with Crippen molar-refractivity contribution in [3.05, 3.63) is 70.8 Å². The lowest BCUT2D eigenvalue weighted by Crippen LogP contribution is -2.03. The number of carbonyl (C=O) groups is 1. The van der Waals surface area contributed by atoms with Crippen molar-refractivity contribution < 1.29 is 14.4 Å². The van der Waals surface area contributed by atoms with Gasteiger partial charge in [-0.05, 0) is 54.5 Å². The first-order valence-corrected chi connectivity index (χ1v) is 7.86. The molecule has 0 amide bonds. The Balaban J connectivity index is 2.01. The van der Waals surface area contributed by atoms with E-state index in [-0.39, 0.29) is 0 Å². The van der Waals surface area contributed by atoms with Crippen LogP contribution >= 0.6 is 11.6 Å². The van der Waals surface area contributed by atoms with E-state index in [4.69, 9.17) is 21.2 Å². The van der Waals surface area contributed by atoms with Gasteiger partial charge in [-0.1, -0.05) is 41.9 Å². The maximum absolute atomic E-state index is 11.9. The molecule has 0 unspecified atom stereocenters. The monoisotopic (exact) mass is 343 g/mol. The second-order valence-corrected chi connectivity index (χ2v) is 5.36. The highest BCUT2D eigenvalue weighted by molar-refractivity contribution is 6.30. The Morgan fingerprint density at radius 2 is 1.79 bits per heavy atom. The van der Waals surface area contributed by atoms with Crippen LogP contribution in [0.15, 0.2) is 59.8 Å². The Morgan fingerprint density at radius 3 is 2.38 bits per heavy atom. The van der Waals surface area contributed by atoms with Gasteiger partial charge in [-0.25, -0.2) is 4.79 Å². The maximum atomic E-state index is 11.9. The lowest BCUT2D eigenvalue weighted by molar-refractivity contribution is 0.0516. The average molecular weight is 344 g/mol. The van der Waals surface area contributed by atoms with Gasteiger partial charge in [0.25, 0.3) is 0 Å². The number of oxime groups is 1. The van der Waals surface area contributed by atoms with Gasteiger partial charge in [0.05, 0.1) is 18.4 Å². The molecule has 0 fully saturated rings. The first-order valence-electron chi connectivity index (χ1n) is 7.48. The van der Waals surface area contributed by atoms with Crippen molar-refractivity contribution in [1.82, 2.24) is 0 Å². The smallest absolute Gasteiger partial charge is 0.365 e. The second kappa shape index (κ2) is 8.89. The topological polar surface area (TPSA) is 47.9 Å². The standard InChI is InChI=1S/C19H18ClNO3/c1-3-17(11-4-14-5-12-18(23-2)13-6-14)21-24-19(22)15-7-9-16(20)10-8-15/h4-13H,3H2,1-2H3. The van der Waals surface area contributed by atoms with E-state index in [0.29, 0.717) is 22.7 Å². The van der Waals surface area contributed by atoms with Gasteiger partial charge in [0, 0.05) is 5.02 Å². The third-order valence-electron chi connectivity index (χ3n) is 3.27. The van der Waals surface area contributed by atoms with Crippen LogP contribution in [0.1, 0.15) is 29.3 Å². The molecule has 0 bridgehead atoms. The second-order valence-electron chi connectivity index (χ2n) is 4.93. The van der Waals surface area contributed by atoms with Crippen LogP contribution in [0.4, 0.5) is 0 Å². The van der Waals surface area contributed by atoms with Gasteiger partial charge < -0.3 is 9.57 Å². The van der Waals surface area contributed by atoms with E-state index in [1.807, 2.05) is 43.3 Å². The number of allylic oxidation sites excluding steroid dienone is 1. The molecule has 5 heteroatoms. The van der Waals surface area contributed by atoms with Crippen LogP contribution in [0.3, 0.4) is 0 Å². The highest BCUT2D eigenvalue weighted by Gasteiger charge is 2.06. The summed E-state index contributed by atoms with van der Waals surface area (Å²) < 4.78 is 5.12. The maximum Gasteiger partial charge on any atom is 0.365 e. The summed E-state index contributed by atoms with van der Waals surface area (Å²) in [5.74, 6) is 0.281. The number of ether oxygens (including phenoxy) is 1. The number of benzene rings is 2. The van der Waals surface area contributed by atoms with E-state index in [1.54, 1.807) is 31.4 Å². The van der Waals surface area contributed by atoms with Crippen LogP contribution in [-0.2, 0) is 4.84 Å². The van der Waals surface area contributed by atoms with Gasteiger partial charge in [0.15, 0.2) is 0 Å². The summed E-state index contributed by atoms with van der Waals surface area (Å²) in [5, 5.41) is 4.47. The van der Waals surface area contributed by atoms with E-state index in [2.05, 4.69) is 5.16 Å². The van der Waals surface area contributed by atoms with Gasteiger partial charge in [-0.15, -0.1) is 0 Å². The molecule has 4 nitrogen and oxygen atoms in total.